The minimum atomic E-state index is -0.625. The van der Waals surface area contributed by atoms with Crippen molar-refractivity contribution in [3.63, 3.8) is 0 Å². The average Bonchev–Trinajstić information content (AvgIpc) is 3.26. The molecule has 8 nitrogen and oxygen atoms in total. The van der Waals surface area contributed by atoms with Crippen LogP contribution in [0.3, 0.4) is 0 Å². The van der Waals surface area contributed by atoms with Gasteiger partial charge in [0.25, 0.3) is 0 Å². The highest BCUT2D eigenvalue weighted by Crippen LogP contribution is 2.55. The zero-order valence-electron chi connectivity index (χ0n) is 23.6. The number of imide groups is 1. The molecule has 8 heteroatoms. The molecule has 214 valence electrons. The number of amides is 2. The van der Waals surface area contributed by atoms with Crippen LogP contribution in [0.1, 0.15) is 36.8 Å². The number of nitrogens with zero attached hydrogens (tertiary/aromatic N) is 2. The predicted molar refractivity (Wildman–Crippen MR) is 156 cm³/mol. The van der Waals surface area contributed by atoms with Gasteiger partial charge in [-0.3, -0.25) is 24.1 Å². The van der Waals surface area contributed by atoms with E-state index in [1.807, 2.05) is 36.4 Å². The van der Waals surface area contributed by atoms with E-state index in [0.717, 1.165) is 29.9 Å². The molecule has 2 aromatic rings. The number of phenolic OH excluding ortho intramolecular Hbond substituents is 1. The molecule has 1 N–H and O–H groups in total. The molecule has 2 aromatic carbocycles. The van der Waals surface area contributed by atoms with Crippen LogP contribution in [-0.2, 0) is 23.9 Å². The lowest BCUT2D eigenvalue weighted by molar-refractivity contribution is -0.123. The Balaban J connectivity index is 1.27. The van der Waals surface area contributed by atoms with Gasteiger partial charge in [-0.05, 0) is 80.1 Å². The SMILES string of the molecule is CC1=CC(=O)C2=C(C[C@@H]3C(=CC[C@@H]4C(=O)N(c5ccc(N6CCOCC6)cc5)C(=O)[C@@H]43)[C@@H]2c2ccc(O)c(C)c2)C1=O. The molecule has 2 fully saturated rings. The lowest BCUT2D eigenvalue weighted by Gasteiger charge is -2.42. The van der Waals surface area contributed by atoms with Gasteiger partial charge < -0.3 is 14.7 Å². The second-order valence-electron chi connectivity index (χ2n) is 11.9. The van der Waals surface area contributed by atoms with Crippen LogP contribution in [0, 0.1) is 24.7 Å². The van der Waals surface area contributed by atoms with Crippen molar-refractivity contribution in [3.05, 3.63) is 88.0 Å². The van der Waals surface area contributed by atoms with Gasteiger partial charge in [-0.25, -0.2) is 0 Å². The molecule has 5 aliphatic rings. The van der Waals surface area contributed by atoms with Crippen LogP contribution >= 0.6 is 0 Å². The third-order valence-electron chi connectivity index (χ3n) is 9.60. The van der Waals surface area contributed by atoms with Crippen LogP contribution in [0.4, 0.5) is 11.4 Å². The molecule has 0 unspecified atom stereocenters. The summed E-state index contributed by atoms with van der Waals surface area (Å²) < 4.78 is 5.45. The number of allylic oxidation sites excluding steroid dienone is 6. The summed E-state index contributed by atoms with van der Waals surface area (Å²) in [5, 5.41) is 10.2. The average molecular weight is 565 g/mol. The first-order valence-corrected chi connectivity index (χ1v) is 14.5. The van der Waals surface area contributed by atoms with Crippen molar-refractivity contribution in [1.82, 2.24) is 0 Å². The summed E-state index contributed by atoms with van der Waals surface area (Å²) in [6, 6.07) is 12.8. The van der Waals surface area contributed by atoms with Crippen molar-refractivity contribution in [1.29, 1.82) is 0 Å². The molecule has 42 heavy (non-hydrogen) atoms. The van der Waals surface area contributed by atoms with Crippen molar-refractivity contribution < 1.29 is 29.0 Å². The number of carbonyl (C=O) groups excluding carboxylic acids is 4. The fourth-order valence-corrected chi connectivity index (χ4v) is 7.51. The Hall–Kier alpha value is -4.30. The van der Waals surface area contributed by atoms with E-state index >= 15 is 0 Å². The van der Waals surface area contributed by atoms with Gasteiger partial charge in [0.05, 0.1) is 30.7 Å². The van der Waals surface area contributed by atoms with Crippen LogP contribution in [-0.4, -0.2) is 54.8 Å². The van der Waals surface area contributed by atoms with Gasteiger partial charge in [0, 0.05) is 41.4 Å². The summed E-state index contributed by atoms with van der Waals surface area (Å²) in [7, 11) is 0. The predicted octanol–water partition coefficient (Wildman–Crippen LogP) is 4.17. The van der Waals surface area contributed by atoms with Gasteiger partial charge in [-0.1, -0.05) is 23.8 Å². The number of hydrogen-bond donors (Lipinski definition) is 1. The van der Waals surface area contributed by atoms with E-state index in [4.69, 9.17) is 4.74 Å². The Morgan fingerprint density at radius 3 is 2.31 bits per heavy atom. The van der Waals surface area contributed by atoms with Crippen molar-refractivity contribution in [2.75, 3.05) is 36.1 Å². The second-order valence-corrected chi connectivity index (χ2v) is 11.9. The van der Waals surface area contributed by atoms with E-state index in [1.165, 1.54) is 11.0 Å². The van der Waals surface area contributed by atoms with Crippen LogP contribution in [0.2, 0.25) is 0 Å². The highest BCUT2D eigenvalue weighted by molar-refractivity contribution is 6.25. The first-order valence-electron chi connectivity index (χ1n) is 14.5. The molecular formula is C34H32N2O6. The summed E-state index contributed by atoms with van der Waals surface area (Å²) >= 11 is 0. The largest absolute Gasteiger partial charge is 0.508 e. The Labute approximate surface area is 243 Å². The topological polar surface area (TPSA) is 104 Å². The first kappa shape index (κ1) is 26.6. The van der Waals surface area contributed by atoms with E-state index in [0.29, 0.717) is 47.6 Å². The minimum absolute atomic E-state index is 0.145. The van der Waals surface area contributed by atoms with Crippen LogP contribution in [0.15, 0.2) is 76.9 Å². The lowest BCUT2D eigenvalue weighted by atomic mass is 9.59. The monoisotopic (exact) mass is 564 g/mol. The van der Waals surface area contributed by atoms with E-state index in [1.54, 1.807) is 26.0 Å². The molecule has 2 saturated heterocycles. The van der Waals surface area contributed by atoms with Gasteiger partial charge in [-0.2, -0.15) is 0 Å². The zero-order chi connectivity index (χ0) is 29.3. The van der Waals surface area contributed by atoms with Gasteiger partial charge in [0.15, 0.2) is 11.6 Å². The van der Waals surface area contributed by atoms with Crippen LogP contribution in [0.5, 0.6) is 5.75 Å². The third kappa shape index (κ3) is 4.00. The standard InChI is InChI=1S/C34H32N2O6/c1-18-15-20(3-10-27(18)37)29-23-8-9-24-30(25(23)17-26-31(29)28(38)16-19(2)32(26)39)34(41)36(33(24)40)22-6-4-21(5-7-22)35-11-13-42-14-12-35/h3-8,10,15-16,24-25,29-30,37H,9,11-14,17H2,1-2H3/t24-,25+,29-,30-/m0/s1. The van der Waals surface area contributed by atoms with Crippen LogP contribution < -0.4 is 9.80 Å². The molecule has 0 radical (unpaired) electrons. The maximum atomic E-state index is 14.1. The summed E-state index contributed by atoms with van der Waals surface area (Å²) in [6.07, 6.45) is 4.05. The fourth-order valence-electron chi connectivity index (χ4n) is 7.51. The molecule has 2 amide bonds. The molecule has 2 heterocycles. The fraction of sp³-hybridized carbons (Fsp3) is 0.353. The van der Waals surface area contributed by atoms with Crippen molar-refractivity contribution >= 4 is 34.8 Å². The van der Waals surface area contributed by atoms with E-state index in [2.05, 4.69) is 4.90 Å². The molecule has 0 saturated carbocycles. The summed E-state index contributed by atoms with van der Waals surface area (Å²) in [6.45, 7) is 6.34. The van der Waals surface area contributed by atoms with Crippen molar-refractivity contribution in [2.24, 2.45) is 17.8 Å². The molecule has 4 atom stereocenters. The number of aromatic hydroxyl groups is 1. The quantitative estimate of drug-likeness (QED) is 0.339. The number of anilines is 2. The number of benzene rings is 2. The van der Waals surface area contributed by atoms with Gasteiger partial charge in [-0.15, -0.1) is 0 Å². The maximum absolute atomic E-state index is 14.1. The van der Waals surface area contributed by atoms with E-state index in [9.17, 15) is 24.3 Å². The number of phenols is 1. The number of ketones is 2. The van der Waals surface area contributed by atoms with E-state index in [-0.39, 0.29) is 35.6 Å². The molecule has 0 aromatic heterocycles. The zero-order valence-corrected chi connectivity index (χ0v) is 23.6. The third-order valence-corrected chi connectivity index (χ3v) is 9.60. The Bertz CT molecular complexity index is 1640. The number of ether oxygens (including phenoxy) is 1. The normalized spacial score (nSPS) is 27.5. The van der Waals surface area contributed by atoms with Crippen LogP contribution in [0.25, 0.3) is 0 Å². The number of fused-ring (bicyclic) bond motifs is 3. The minimum Gasteiger partial charge on any atom is -0.508 e. The maximum Gasteiger partial charge on any atom is 0.238 e. The molecular weight excluding hydrogens is 532 g/mol. The Morgan fingerprint density at radius 2 is 1.60 bits per heavy atom. The highest BCUT2D eigenvalue weighted by Gasteiger charge is 2.56. The Kier molecular flexibility index (Phi) is 6.27. The van der Waals surface area contributed by atoms with E-state index < -0.39 is 23.7 Å². The smallest absolute Gasteiger partial charge is 0.238 e. The summed E-state index contributed by atoms with van der Waals surface area (Å²) in [5.74, 6) is -2.78. The number of carbonyl (C=O) groups is 4. The molecule has 7 rings (SSSR count). The second kappa shape index (κ2) is 9.91. The highest BCUT2D eigenvalue weighted by atomic mass is 16.5. The molecule has 3 aliphatic carbocycles. The lowest BCUT2D eigenvalue weighted by Crippen LogP contribution is -2.39. The van der Waals surface area contributed by atoms with Crippen molar-refractivity contribution in [2.45, 2.75) is 32.6 Å². The number of morpholine rings is 1. The first-order chi connectivity index (χ1) is 20.2. The number of aryl methyl sites for hydroxylation is 1. The number of rotatable bonds is 3. The van der Waals surface area contributed by atoms with Crippen molar-refractivity contribution in [3.8, 4) is 5.75 Å². The number of hydrogen-bond acceptors (Lipinski definition) is 7. The molecule has 0 spiro atoms. The number of Topliss-reactive ketones (excluding diaryl/α,β-unsaturated/α-hetero) is 1. The summed E-state index contributed by atoms with van der Waals surface area (Å²) in [5.41, 5.74) is 5.18. The summed E-state index contributed by atoms with van der Waals surface area (Å²) in [4.78, 5) is 58.3. The van der Waals surface area contributed by atoms with Gasteiger partial charge in [0.1, 0.15) is 5.75 Å². The van der Waals surface area contributed by atoms with Gasteiger partial charge >= 0.3 is 0 Å². The Morgan fingerprint density at radius 1 is 0.881 bits per heavy atom. The molecule has 2 aliphatic heterocycles. The molecule has 0 bridgehead atoms. The van der Waals surface area contributed by atoms with Gasteiger partial charge in [0.2, 0.25) is 11.8 Å².